The van der Waals surface area contributed by atoms with Crippen LogP contribution in [0.2, 0.25) is 0 Å². The Balaban J connectivity index is 2.48. The summed E-state index contributed by atoms with van der Waals surface area (Å²) in [5, 5.41) is 3.06. The van der Waals surface area contributed by atoms with E-state index in [9.17, 15) is 4.79 Å². The normalized spacial score (nSPS) is 10.9. The molecule has 0 bridgehead atoms. The first-order valence-corrected chi connectivity index (χ1v) is 5.09. The lowest BCUT2D eigenvalue weighted by molar-refractivity contribution is 0.528. The monoisotopic (exact) mass is 221 g/mol. The molecule has 0 radical (unpaired) electrons. The number of oxazole rings is 1. The van der Waals surface area contributed by atoms with Crippen molar-refractivity contribution in [1.29, 1.82) is 0 Å². The lowest BCUT2D eigenvalue weighted by Crippen LogP contribution is -2.28. The molecule has 86 valence electrons. The second-order valence-electron chi connectivity index (χ2n) is 3.79. The zero-order valence-electron chi connectivity index (χ0n) is 9.65. The third kappa shape index (κ3) is 1.69. The van der Waals surface area contributed by atoms with Gasteiger partial charge in [-0.25, -0.2) is 4.79 Å². The summed E-state index contributed by atoms with van der Waals surface area (Å²) in [5.41, 5.74) is 2.44. The number of aryl methyl sites for hydroxylation is 1. The van der Waals surface area contributed by atoms with Gasteiger partial charge in [0.15, 0.2) is 5.58 Å². The molecule has 1 heterocycles. The van der Waals surface area contributed by atoms with Crippen molar-refractivity contribution in [1.82, 2.24) is 9.88 Å². The van der Waals surface area contributed by atoms with Crippen LogP contribution in [0.25, 0.3) is 11.1 Å². The molecule has 0 amide bonds. The minimum atomic E-state index is -0.330. The van der Waals surface area contributed by atoms with Crippen LogP contribution in [0, 0.1) is 0 Å². The van der Waals surface area contributed by atoms with E-state index in [0.717, 1.165) is 17.9 Å². The van der Waals surface area contributed by atoms with E-state index < -0.39 is 0 Å². The van der Waals surface area contributed by atoms with Gasteiger partial charge in [-0.3, -0.25) is 4.57 Å². The SMILES string of the molecule is CNCN(C)c1ccc2c(c1)oc(=O)n2C. The van der Waals surface area contributed by atoms with Crippen molar-refractivity contribution < 1.29 is 4.42 Å². The van der Waals surface area contributed by atoms with Crippen LogP contribution in [0.4, 0.5) is 5.69 Å². The van der Waals surface area contributed by atoms with Gasteiger partial charge in [0.2, 0.25) is 0 Å². The first-order valence-electron chi connectivity index (χ1n) is 5.09. The van der Waals surface area contributed by atoms with E-state index >= 15 is 0 Å². The number of fused-ring (bicyclic) bond motifs is 1. The third-order valence-electron chi connectivity index (χ3n) is 2.61. The van der Waals surface area contributed by atoms with Crippen LogP contribution in [0.5, 0.6) is 0 Å². The Kier molecular flexibility index (Phi) is 2.70. The Labute approximate surface area is 93.3 Å². The van der Waals surface area contributed by atoms with Gasteiger partial charge in [0.05, 0.1) is 12.2 Å². The predicted molar refractivity (Wildman–Crippen MR) is 63.8 cm³/mol. The highest BCUT2D eigenvalue weighted by Gasteiger charge is 2.07. The van der Waals surface area contributed by atoms with Crippen molar-refractivity contribution >= 4 is 16.8 Å². The maximum absolute atomic E-state index is 11.3. The van der Waals surface area contributed by atoms with Gasteiger partial charge in [0, 0.05) is 25.8 Å². The fourth-order valence-electron chi connectivity index (χ4n) is 1.69. The first kappa shape index (κ1) is 10.8. The minimum absolute atomic E-state index is 0.330. The summed E-state index contributed by atoms with van der Waals surface area (Å²) in [5.74, 6) is -0.330. The number of anilines is 1. The van der Waals surface area contributed by atoms with Crippen LogP contribution >= 0.6 is 0 Å². The van der Waals surface area contributed by atoms with E-state index in [4.69, 9.17) is 4.42 Å². The molecule has 0 spiro atoms. The van der Waals surface area contributed by atoms with Gasteiger partial charge in [0.25, 0.3) is 0 Å². The number of hydrogen-bond donors (Lipinski definition) is 1. The van der Waals surface area contributed by atoms with Crippen LogP contribution in [-0.4, -0.2) is 25.3 Å². The average Bonchev–Trinajstić information content (AvgIpc) is 2.55. The molecule has 0 unspecified atom stereocenters. The van der Waals surface area contributed by atoms with Crippen molar-refractivity contribution in [2.45, 2.75) is 0 Å². The van der Waals surface area contributed by atoms with Gasteiger partial charge < -0.3 is 14.6 Å². The van der Waals surface area contributed by atoms with Gasteiger partial charge in [-0.2, -0.15) is 0 Å². The molecule has 1 aromatic heterocycles. The van der Waals surface area contributed by atoms with Crippen molar-refractivity contribution in [2.24, 2.45) is 7.05 Å². The molecule has 0 fully saturated rings. The molecule has 1 N–H and O–H groups in total. The molecule has 0 atom stereocenters. The molecule has 0 aliphatic rings. The summed E-state index contributed by atoms with van der Waals surface area (Å²) in [6.45, 7) is 0.739. The number of aromatic nitrogens is 1. The number of nitrogens with zero attached hydrogens (tertiary/aromatic N) is 2. The highest BCUT2D eigenvalue weighted by molar-refractivity contribution is 5.77. The molecule has 0 saturated heterocycles. The van der Waals surface area contributed by atoms with E-state index in [2.05, 4.69) is 5.32 Å². The van der Waals surface area contributed by atoms with Crippen molar-refractivity contribution in [3.63, 3.8) is 0 Å². The van der Waals surface area contributed by atoms with Gasteiger partial charge in [-0.05, 0) is 19.2 Å². The summed E-state index contributed by atoms with van der Waals surface area (Å²) in [6, 6.07) is 5.73. The largest absolute Gasteiger partial charge is 0.419 e. The summed E-state index contributed by atoms with van der Waals surface area (Å²) < 4.78 is 6.63. The Morgan fingerprint density at radius 2 is 2.25 bits per heavy atom. The Morgan fingerprint density at radius 3 is 2.94 bits per heavy atom. The molecular weight excluding hydrogens is 206 g/mol. The number of rotatable bonds is 3. The van der Waals surface area contributed by atoms with Gasteiger partial charge in [-0.1, -0.05) is 0 Å². The molecule has 1 aromatic carbocycles. The van der Waals surface area contributed by atoms with Crippen LogP contribution in [0.15, 0.2) is 27.4 Å². The number of nitrogens with one attached hydrogen (secondary N) is 1. The topological polar surface area (TPSA) is 50.4 Å². The number of hydrogen-bond acceptors (Lipinski definition) is 4. The highest BCUT2D eigenvalue weighted by Crippen LogP contribution is 2.19. The Morgan fingerprint density at radius 1 is 1.50 bits per heavy atom. The van der Waals surface area contributed by atoms with Crippen LogP contribution in [0.1, 0.15) is 0 Å². The highest BCUT2D eigenvalue weighted by atomic mass is 16.4. The van der Waals surface area contributed by atoms with E-state index in [1.165, 1.54) is 4.57 Å². The summed E-state index contributed by atoms with van der Waals surface area (Å²) in [6.07, 6.45) is 0. The lowest BCUT2D eigenvalue weighted by Gasteiger charge is -2.18. The molecule has 5 heteroatoms. The first-order chi connectivity index (χ1) is 7.63. The molecular formula is C11H15N3O2. The van der Waals surface area contributed by atoms with E-state index in [0.29, 0.717) is 5.58 Å². The molecule has 2 aromatic rings. The van der Waals surface area contributed by atoms with Gasteiger partial charge >= 0.3 is 5.76 Å². The summed E-state index contributed by atoms with van der Waals surface area (Å²) in [4.78, 5) is 13.3. The predicted octanol–water partition coefficient (Wildman–Crippen LogP) is 0.745. The zero-order valence-corrected chi connectivity index (χ0v) is 9.65. The summed E-state index contributed by atoms with van der Waals surface area (Å²) in [7, 11) is 5.56. The quantitative estimate of drug-likeness (QED) is 0.777. The molecule has 0 saturated carbocycles. The van der Waals surface area contributed by atoms with Crippen LogP contribution < -0.4 is 16.0 Å². The maximum atomic E-state index is 11.3. The fourth-order valence-corrected chi connectivity index (χ4v) is 1.69. The fraction of sp³-hybridized carbons (Fsp3) is 0.364. The molecule has 16 heavy (non-hydrogen) atoms. The lowest BCUT2D eigenvalue weighted by atomic mass is 10.2. The van der Waals surface area contributed by atoms with E-state index in [1.54, 1.807) is 7.05 Å². The maximum Gasteiger partial charge on any atom is 0.419 e. The van der Waals surface area contributed by atoms with Crippen molar-refractivity contribution in [3.05, 3.63) is 28.7 Å². The Hall–Kier alpha value is -1.75. The van der Waals surface area contributed by atoms with Crippen LogP contribution in [0.3, 0.4) is 0 Å². The molecule has 5 nitrogen and oxygen atoms in total. The second kappa shape index (κ2) is 4.02. The van der Waals surface area contributed by atoms with Gasteiger partial charge in [-0.15, -0.1) is 0 Å². The number of benzene rings is 1. The van der Waals surface area contributed by atoms with Crippen molar-refractivity contribution in [2.75, 3.05) is 25.7 Å². The molecule has 0 aliphatic heterocycles. The minimum Gasteiger partial charge on any atom is -0.408 e. The van der Waals surface area contributed by atoms with Gasteiger partial charge in [0.1, 0.15) is 0 Å². The molecule has 2 rings (SSSR count). The van der Waals surface area contributed by atoms with E-state index in [-0.39, 0.29) is 5.76 Å². The second-order valence-corrected chi connectivity index (χ2v) is 3.79. The zero-order chi connectivity index (χ0) is 11.7. The smallest absolute Gasteiger partial charge is 0.408 e. The van der Waals surface area contributed by atoms with Crippen molar-refractivity contribution in [3.8, 4) is 0 Å². The van der Waals surface area contributed by atoms with E-state index in [1.807, 2.05) is 37.2 Å². The standard InChI is InChI=1S/C11H15N3O2/c1-12-7-13(2)8-4-5-9-10(6-8)16-11(15)14(9)3/h4-6,12H,7H2,1-3H3. The molecule has 0 aliphatic carbocycles. The Bertz CT molecular complexity index is 556. The summed E-state index contributed by atoms with van der Waals surface area (Å²) >= 11 is 0. The van der Waals surface area contributed by atoms with Crippen LogP contribution in [-0.2, 0) is 7.05 Å². The third-order valence-corrected chi connectivity index (χ3v) is 2.61. The average molecular weight is 221 g/mol.